The highest BCUT2D eigenvalue weighted by Crippen LogP contribution is 2.32. The Labute approximate surface area is 152 Å². The molecule has 0 aliphatic heterocycles. The number of carbonyl (C=O) groups is 2. The number of hydrogen-bond acceptors (Lipinski definition) is 5. The Balaban J connectivity index is 1.80. The number of rotatable bonds is 8. The Kier molecular flexibility index (Phi) is 7.24. The van der Waals surface area contributed by atoms with E-state index in [1.54, 1.807) is 18.2 Å². The van der Waals surface area contributed by atoms with E-state index < -0.39 is 6.09 Å². The van der Waals surface area contributed by atoms with E-state index in [1.807, 2.05) is 30.3 Å². The average Bonchev–Trinajstić information content (AvgIpc) is 2.67. The van der Waals surface area contributed by atoms with E-state index in [0.717, 1.165) is 5.56 Å². The molecule has 0 aromatic heterocycles. The van der Waals surface area contributed by atoms with Crippen LogP contribution in [0.2, 0.25) is 0 Å². The monoisotopic (exact) mass is 355 g/mol. The number of nitrogens with one attached hydrogen (secondary N) is 1. The second kappa shape index (κ2) is 9.88. The van der Waals surface area contributed by atoms with Gasteiger partial charge in [-0.25, -0.2) is 4.79 Å². The van der Waals surface area contributed by atoms with Crippen molar-refractivity contribution in [3.05, 3.63) is 65.2 Å². The zero-order valence-corrected chi connectivity index (χ0v) is 14.5. The lowest BCUT2D eigenvalue weighted by atomic mass is 10.1. The molecule has 0 unspecified atom stereocenters. The van der Waals surface area contributed by atoms with Gasteiger partial charge in [-0.05, 0) is 24.1 Å². The van der Waals surface area contributed by atoms with Crippen molar-refractivity contribution in [2.24, 2.45) is 0 Å². The van der Waals surface area contributed by atoms with Crippen LogP contribution in [0.1, 0.15) is 27.9 Å². The second-order valence-corrected chi connectivity index (χ2v) is 5.42. The van der Waals surface area contributed by atoms with Crippen LogP contribution >= 0.6 is 0 Å². The molecule has 6 heteroatoms. The van der Waals surface area contributed by atoms with Crippen molar-refractivity contribution < 1.29 is 24.2 Å². The van der Waals surface area contributed by atoms with Crippen LogP contribution in [0.3, 0.4) is 0 Å². The van der Waals surface area contributed by atoms with E-state index in [0.29, 0.717) is 30.4 Å². The van der Waals surface area contributed by atoms with Crippen LogP contribution in [-0.4, -0.2) is 31.1 Å². The van der Waals surface area contributed by atoms with Gasteiger partial charge >= 0.3 is 6.09 Å². The fourth-order valence-electron chi connectivity index (χ4n) is 2.28. The summed E-state index contributed by atoms with van der Waals surface area (Å²) in [5.41, 5.74) is 1.65. The van der Waals surface area contributed by atoms with Gasteiger partial charge in [0.25, 0.3) is 0 Å². The molecule has 2 rings (SSSR count). The van der Waals surface area contributed by atoms with Gasteiger partial charge < -0.3 is 19.9 Å². The lowest BCUT2D eigenvalue weighted by Gasteiger charge is -2.08. The van der Waals surface area contributed by atoms with Crippen LogP contribution in [0.4, 0.5) is 4.79 Å². The molecule has 0 aliphatic rings. The number of hydrogen-bond donors (Lipinski definition) is 2. The highest BCUT2D eigenvalue weighted by atomic mass is 16.5. The fraction of sp³-hybridized carbons (Fsp3) is 0.200. The van der Waals surface area contributed by atoms with Gasteiger partial charge in [-0.1, -0.05) is 42.5 Å². The van der Waals surface area contributed by atoms with Crippen molar-refractivity contribution in [1.29, 1.82) is 0 Å². The minimum absolute atomic E-state index is 0.0939. The Morgan fingerprint density at radius 1 is 1.19 bits per heavy atom. The largest absolute Gasteiger partial charge is 0.504 e. The van der Waals surface area contributed by atoms with Crippen LogP contribution < -0.4 is 10.1 Å². The summed E-state index contributed by atoms with van der Waals surface area (Å²) in [5.74, 6) is 0.196. The molecule has 136 valence electrons. The molecule has 0 radical (unpaired) electrons. The van der Waals surface area contributed by atoms with Crippen molar-refractivity contribution >= 4 is 18.5 Å². The Hall–Kier alpha value is -3.28. The Bertz CT molecular complexity index is 771. The Morgan fingerprint density at radius 3 is 2.65 bits per heavy atom. The zero-order valence-electron chi connectivity index (χ0n) is 14.5. The van der Waals surface area contributed by atoms with E-state index in [1.165, 1.54) is 13.2 Å². The van der Waals surface area contributed by atoms with Crippen LogP contribution in [0.15, 0.2) is 48.5 Å². The van der Waals surface area contributed by atoms with Gasteiger partial charge in [0.1, 0.15) is 6.61 Å². The maximum atomic E-state index is 11.6. The van der Waals surface area contributed by atoms with Gasteiger partial charge in [0, 0.05) is 17.7 Å². The highest BCUT2D eigenvalue weighted by Gasteiger charge is 2.10. The van der Waals surface area contributed by atoms with Crippen LogP contribution in [0.5, 0.6) is 11.5 Å². The Morgan fingerprint density at radius 2 is 1.96 bits per heavy atom. The standard InChI is InChI=1S/C20H21NO5/c1-25-18-11-10-16(13-22)17(19(18)23)9-5-6-12-21-20(24)26-14-15-7-3-2-4-8-15/h2-5,7-11,13,23H,6,12,14H2,1H3,(H,21,24). The van der Waals surface area contributed by atoms with Gasteiger partial charge in [0.05, 0.1) is 7.11 Å². The van der Waals surface area contributed by atoms with E-state index in [9.17, 15) is 14.7 Å². The zero-order chi connectivity index (χ0) is 18.8. The third-order valence-corrected chi connectivity index (χ3v) is 3.64. The predicted octanol–water partition coefficient (Wildman–Crippen LogP) is 3.54. The van der Waals surface area contributed by atoms with Gasteiger partial charge in [-0.2, -0.15) is 0 Å². The van der Waals surface area contributed by atoms with Crippen molar-refractivity contribution in [2.45, 2.75) is 13.0 Å². The summed E-state index contributed by atoms with van der Waals surface area (Å²) in [6.07, 6.45) is 4.05. The number of carbonyl (C=O) groups excluding carboxylic acids is 2. The molecule has 2 aromatic rings. The van der Waals surface area contributed by atoms with Gasteiger partial charge in [-0.15, -0.1) is 0 Å². The SMILES string of the molecule is COc1ccc(C=O)c(C=CCCNC(=O)OCc2ccccc2)c1O. The summed E-state index contributed by atoms with van der Waals surface area (Å²) < 4.78 is 10.1. The van der Waals surface area contributed by atoms with Crippen LogP contribution in [0.25, 0.3) is 6.08 Å². The van der Waals surface area contributed by atoms with Gasteiger partial charge in [0.2, 0.25) is 0 Å². The molecule has 1 amide bonds. The molecule has 0 saturated carbocycles. The number of aldehydes is 1. The summed E-state index contributed by atoms with van der Waals surface area (Å²) in [7, 11) is 1.44. The second-order valence-electron chi connectivity index (χ2n) is 5.42. The summed E-state index contributed by atoms with van der Waals surface area (Å²) in [6, 6.07) is 12.5. The van der Waals surface area contributed by atoms with Gasteiger partial charge in [0.15, 0.2) is 17.8 Å². The number of alkyl carbamates (subject to hydrolysis) is 1. The van der Waals surface area contributed by atoms with Crippen molar-refractivity contribution in [3.8, 4) is 11.5 Å². The lowest BCUT2D eigenvalue weighted by Crippen LogP contribution is -2.24. The van der Waals surface area contributed by atoms with Gasteiger partial charge in [-0.3, -0.25) is 4.79 Å². The number of ether oxygens (including phenoxy) is 2. The molecule has 6 nitrogen and oxygen atoms in total. The first kappa shape index (κ1) is 19.1. The molecule has 0 aliphatic carbocycles. The third kappa shape index (κ3) is 5.37. The van der Waals surface area contributed by atoms with Crippen LogP contribution in [0, 0.1) is 0 Å². The van der Waals surface area contributed by atoms with E-state index in [2.05, 4.69) is 5.32 Å². The summed E-state index contributed by atoms with van der Waals surface area (Å²) >= 11 is 0. The number of phenolic OH excluding ortho intramolecular Hbond substituents is 1. The van der Waals surface area contributed by atoms with E-state index >= 15 is 0 Å². The summed E-state index contributed by atoms with van der Waals surface area (Å²) in [4.78, 5) is 22.7. The first-order valence-corrected chi connectivity index (χ1v) is 8.12. The minimum Gasteiger partial charge on any atom is -0.504 e. The first-order chi connectivity index (χ1) is 12.7. The molecule has 0 spiro atoms. The molecule has 0 heterocycles. The summed E-state index contributed by atoms with van der Waals surface area (Å²) in [5, 5.41) is 12.7. The maximum Gasteiger partial charge on any atom is 0.407 e. The quantitative estimate of drug-likeness (QED) is 0.559. The predicted molar refractivity (Wildman–Crippen MR) is 98.3 cm³/mol. The third-order valence-electron chi connectivity index (χ3n) is 3.64. The van der Waals surface area contributed by atoms with Crippen molar-refractivity contribution in [2.75, 3.05) is 13.7 Å². The molecule has 0 bridgehead atoms. The number of amides is 1. The molecular weight excluding hydrogens is 334 g/mol. The number of methoxy groups -OCH3 is 1. The van der Waals surface area contributed by atoms with Crippen LogP contribution in [-0.2, 0) is 11.3 Å². The molecule has 26 heavy (non-hydrogen) atoms. The molecule has 0 saturated heterocycles. The smallest absolute Gasteiger partial charge is 0.407 e. The fourth-order valence-corrected chi connectivity index (χ4v) is 2.28. The molecule has 0 atom stereocenters. The average molecular weight is 355 g/mol. The topological polar surface area (TPSA) is 84.9 Å². The summed E-state index contributed by atoms with van der Waals surface area (Å²) in [6.45, 7) is 0.578. The highest BCUT2D eigenvalue weighted by molar-refractivity contribution is 5.85. The number of aromatic hydroxyl groups is 1. The molecule has 2 aromatic carbocycles. The molecule has 0 fully saturated rings. The van der Waals surface area contributed by atoms with Crippen molar-refractivity contribution in [1.82, 2.24) is 5.32 Å². The lowest BCUT2D eigenvalue weighted by molar-refractivity contribution is 0.112. The van der Waals surface area contributed by atoms with E-state index in [4.69, 9.17) is 9.47 Å². The normalized spacial score (nSPS) is 10.5. The first-order valence-electron chi connectivity index (χ1n) is 8.12. The number of benzene rings is 2. The number of phenols is 1. The molecular formula is C20H21NO5. The minimum atomic E-state index is -0.500. The van der Waals surface area contributed by atoms with Crippen molar-refractivity contribution in [3.63, 3.8) is 0 Å². The maximum absolute atomic E-state index is 11.6. The molecule has 2 N–H and O–H groups in total. The van der Waals surface area contributed by atoms with E-state index in [-0.39, 0.29) is 18.1 Å².